The van der Waals surface area contributed by atoms with Crippen molar-refractivity contribution in [1.29, 1.82) is 0 Å². The van der Waals surface area contributed by atoms with E-state index in [-0.39, 0.29) is 0 Å². The summed E-state index contributed by atoms with van der Waals surface area (Å²) in [5.41, 5.74) is 3.55. The number of nitrogens with zero attached hydrogens (tertiary/aromatic N) is 1. The summed E-state index contributed by atoms with van der Waals surface area (Å²) >= 11 is 0. The molecular weight excluding hydrogens is 284 g/mol. The van der Waals surface area contributed by atoms with Crippen molar-refractivity contribution >= 4 is 5.71 Å². The Bertz CT molecular complexity index is 639. The van der Waals surface area contributed by atoms with Gasteiger partial charge in [0.05, 0.1) is 11.6 Å². The monoisotopic (exact) mass is 309 g/mol. The lowest BCUT2D eigenvalue weighted by Crippen LogP contribution is -2.90. The van der Waals surface area contributed by atoms with E-state index in [1.54, 1.807) is 0 Å². The summed E-state index contributed by atoms with van der Waals surface area (Å²) < 4.78 is 0. The van der Waals surface area contributed by atoms with E-state index in [1.807, 2.05) is 6.07 Å². The Morgan fingerprint density at radius 1 is 1.00 bits per heavy atom. The van der Waals surface area contributed by atoms with Gasteiger partial charge in [-0.05, 0) is 6.42 Å². The lowest BCUT2D eigenvalue weighted by atomic mass is 9.78. The van der Waals surface area contributed by atoms with Crippen LogP contribution in [-0.2, 0) is 0 Å². The lowest BCUT2D eigenvalue weighted by Gasteiger charge is -2.35. The van der Waals surface area contributed by atoms with Crippen molar-refractivity contribution in [2.75, 3.05) is 0 Å². The van der Waals surface area contributed by atoms with Crippen molar-refractivity contribution < 1.29 is 10.5 Å². The zero-order valence-electron chi connectivity index (χ0n) is 13.6. The van der Waals surface area contributed by atoms with Crippen LogP contribution in [0.2, 0.25) is 0 Å². The van der Waals surface area contributed by atoms with Crippen LogP contribution in [0.25, 0.3) is 0 Å². The minimum atomic E-state index is 0.298. The summed E-state index contributed by atoms with van der Waals surface area (Å²) in [6, 6.07) is 21.8. The highest BCUT2D eigenvalue weighted by Gasteiger charge is 2.39. The van der Waals surface area contributed by atoms with Crippen molar-refractivity contribution in [3.8, 4) is 0 Å². The molecule has 3 atom stereocenters. The molecule has 120 valence electrons. The molecule has 0 aromatic heterocycles. The summed E-state index contributed by atoms with van der Waals surface area (Å²) in [5, 5.41) is 15.7. The molecule has 2 aromatic carbocycles. The van der Waals surface area contributed by atoms with Crippen molar-refractivity contribution in [1.82, 2.24) is 0 Å². The summed E-state index contributed by atoms with van der Waals surface area (Å²) in [5.74, 6) is 0.298. The molecule has 0 saturated carbocycles. The number of benzene rings is 2. The number of piperidine rings is 1. The first-order valence-corrected chi connectivity index (χ1v) is 8.49. The van der Waals surface area contributed by atoms with Crippen LogP contribution in [0.5, 0.6) is 0 Å². The molecule has 0 aliphatic carbocycles. The van der Waals surface area contributed by atoms with Crippen LogP contribution in [0.4, 0.5) is 0 Å². The molecule has 1 aliphatic rings. The highest BCUT2D eigenvalue weighted by atomic mass is 16.4. The molecule has 0 spiro atoms. The summed E-state index contributed by atoms with van der Waals surface area (Å²) in [6.45, 7) is 2.19. The Hall–Kier alpha value is -2.13. The molecule has 1 saturated heterocycles. The molecule has 0 radical (unpaired) electrons. The van der Waals surface area contributed by atoms with Crippen molar-refractivity contribution in [3.05, 3.63) is 71.8 Å². The predicted octanol–water partition coefficient (Wildman–Crippen LogP) is 3.68. The second kappa shape index (κ2) is 7.42. The maximum Gasteiger partial charge on any atom is 0.120 e. The van der Waals surface area contributed by atoms with Gasteiger partial charge in [0.1, 0.15) is 12.1 Å². The average Bonchev–Trinajstić information content (AvgIpc) is 2.63. The number of oxime groups is 1. The standard InChI is InChI=1S/C20H24N2O/c1-2-9-17-19(22-23)14-18(15-10-5-3-6-11-15)21-20(17)16-12-7-4-8-13-16/h3-8,10-13,17-18,20-21,23H,2,9,14H2,1H3/p+1/b22-19+/t17-,18-,20+/m0/s1. The smallest absolute Gasteiger partial charge is 0.120 e. The summed E-state index contributed by atoms with van der Waals surface area (Å²) in [7, 11) is 0. The van der Waals surface area contributed by atoms with Crippen LogP contribution in [0, 0.1) is 5.92 Å². The number of hydrogen-bond acceptors (Lipinski definition) is 2. The van der Waals surface area contributed by atoms with Crippen molar-refractivity contribution in [3.63, 3.8) is 0 Å². The van der Waals surface area contributed by atoms with Gasteiger partial charge in [-0.25, -0.2) is 0 Å². The van der Waals surface area contributed by atoms with Crippen molar-refractivity contribution in [2.45, 2.75) is 38.3 Å². The van der Waals surface area contributed by atoms with E-state index in [0.29, 0.717) is 18.0 Å². The fraction of sp³-hybridized carbons (Fsp3) is 0.350. The highest BCUT2D eigenvalue weighted by Crippen LogP contribution is 2.32. The summed E-state index contributed by atoms with van der Waals surface area (Å²) in [4.78, 5) is 0. The van der Waals surface area contributed by atoms with Gasteiger partial charge in [0.2, 0.25) is 0 Å². The minimum absolute atomic E-state index is 0.298. The average molecular weight is 309 g/mol. The van der Waals surface area contributed by atoms with Crippen LogP contribution >= 0.6 is 0 Å². The van der Waals surface area contributed by atoms with Crippen LogP contribution in [-0.4, -0.2) is 10.9 Å². The van der Waals surface area contributed by atoms with Crippen LogP contribution < -0.4 is 5.32 Å². The van der Waals surface area contributed by atoms with E-state index in [2.05, 4.69) is 72.0 Å². The third-order valence-corrected chi connectivity index (χ3v) is 4.87. The second-order valence-corrected chi connectivity index (χ2v) is 6.34. The molecule has 2 aromatic rings. The molecule has 0 amide bonds. The van der Waals surface area contributed by atoms with E-state index in [4.69, 9.17) is 0 Å². The third kappa shape index (κ3) is 3.45. The molecule has 1 fully saturated rings. The van der Waals surface area contributed by atoms with E-state index in [0.717, 1.165) is 25.0 Å². The van der Waals surface area contributed by atoms with Gasteiger partial charge >= 0.3 is 0 Å². The molecule has 0 unspecified atom stereocenters. The highest BCUT2D eigenvalue weighted by molar-refractivity contribution is 5.88. The Labute approximate surface area is 138 Å². The van der Waals surface area contributed by atoms with Gasteiger partial charge < -0.3 is 10.5 Å². The molecule has 3 heteroatoms. The molecular formula is C20H25N2O+. The van der Waals surface area contributed by atoms with Crippen LogP contribution in [0.15, 0.2) is 65.8 Å². The fourth-order valence-electron chi connectivity index (χ4n) is 3.76. The molecule has 1 aliphatic heterocycles. The van der Waals surface area contributed by atoms with E-state index >= 15 is 0 Å². The quantitative estimate of drug-likeness (QED) is 0.657. The largest absolute Gasteiger partial charge is 0.411 e. The van der Waals surface area contributed by atoms with Crippen LogP contribution in [0.3, 0.4) is 0 Å². The normalized spacial score (nSPS) is 26.3. The zero-order valence-corrected chi connectivity index (χ0v) is 13.6. The van der Waals surface area contributed by atoms with Crippen LogP contribution in [0.1, 0.15) is 49.4 Å². The minimum Gasteiger partial charge on any atom is -0.411 e. The Morgan fingerprint density at radius 3 is 2.17 bits per heavy atom. The first kappa shape index (κ1) is 15.8. The van der Waals surface area contributed by atoms with E-state index < -0.39 is 0 Å². The predicted molar refractivity (Wildman–Crippen MR) is 92.5 cm³/mol. The van der Waals surface area contributed by atoms with E-state index in [9.17, 15) is 5.21 Å². The number of quaternary nitrogens is 1. The van der Waals surface area contributed by atoms with Gasteiger partial charge in [0.25, 0.3) is 0 Å². The van der Waals surface area contributed by atoms with Gasteiger partial charge in [0, 0.05) is 17.5 Å². The first-order chi connectivity index (χ1) is 11.3. The Balaban J connectivity index is 1.95. The maximum atomic E-state index is 9.59. The molecule has 0 bridgehead atoms. The Morgan fingerprint density at radius 2 is 1.61 bits per heavy atom. The van der Waals surface area contributed by atoms with Gasteiger partial charge in [-0.2, -0.15) is 0 Å². The zero-order chi connectivity index (χ0) is 16.1. The van der Waals surface area contributed by atoms with Gasteiger partial charge in [-0.3, -0.25) is 0 Å². The molecule has 3 nitrogen and oxygen atoms in total. The first-order valence-electron chi connectivity index (χ1n) is 8.49. The Kier molecular flexibility index (Phi) is 5.09. The molecule has 3 rings (SSSR count). The number of nitrogens with two attached hydrogens (primary N) is 1. The number of hydrogen-bond donors (Lipinski definition) is 2. The van der Waals surface area contributed by atoms with Gasteiger partial charge in [-0.15, -0.1) is 0 Å². The molecule has 23 heavy (non-hydrogen) atoms. The molecule has 1 heterocycles. The van der Waals surface area contributed by atoms with Gasteiger partial charge in [-0.1, -0.05) is 79.2 Å². The van der Waals surface area contributed by atoms with E-state index in [1.165, 1.54) is 11.1 Å². The second-order valence-electron chi connectivity index (χ2n) is 6.34. The summed E-state index contributed by atoms with van der Waals surface area (Å²) in [6.07, 6.45) is 2.96. The SMILES string of the molecule is CCC[C@H]1/C(=N/O)C[C@@H](c2ccccc2)[NH2+][C@@H]1c1ccccc1. The van der Waals surface area contributed by atoms with Gasteiger partial charge in [0.15, 0.2) is 0 Å². The molecule has 3 N–H and O–H groups in total. The topological polar surface area (TPSA) is 49.2 Å². The van der Waals surface area contributed by atoms with Crippen molar-refractivity contribution in [2.24, 2.45) is 11.1 Å². The maximum absolute atomic E-state index is 9.59. The third-order valence-electron chi connectivity index (χ3n) is 4.87. The fourth-order valence-corrected chi connectivity index (χ4v) is 3.76. The number of rotatable bonds is 4. The lowest BCUT2D eigenvalue weighted by molar-refractivity contribution is -0.742.